The third kappa shape index (κ3) is 4.40. The minimum Gasteiger partial charge on any atom is -0.353 e. The van der Waals surface area contributed by atoms with Crippen LogP contribution in [0.2, 0.25) is 0 Å². The SMILES string of the molecule is CC(C)C[C@@H]1CC[C@]2(COC3CCCCO3)CC[C@]3(C)[C@H](CC[C@@H]4[C@@]5(C)CC(C=O)C(=O)C(C)(C)[C@@H]5CC[C@]43C)[C@@H]12. The minimum atomic E-state index is -0.428. The molecule has 0 N–H and O–H groups in total. The van der Waals surface area contributed by atoms with Crippen LogP contribution in [0, 0.1) is 68.5 Å². The van der Waals surface area contributed by atoms with Gasteiger partial charge in [0.2, 0.25) is 0 Å². The van der Waals surface area contributed by atoms with Gasteiger partial charge in [-0.1, -0.05) is 48.5 Å². The Bertz CT molecular complexity index is 1010. The van der Waals surface area contributed by atoms with Crippen molar-refractivity contribution < 1.29 is 19.1 Å². The smallest absolute Gasteiger partial charge is 0.157 e. The topological polar surface area (TPSA) is 52.6 Å². The molecule has 2 unspecified atom stereocenters. The lowest BCUT2D eigenvalue weighted by Crippen LogP contribution is -2.67. The van der Waals surface area contributed by atoms with E-state index in [0.717, 1.165) is 62.4 Å². The quantitative estimate of drug-likeness (QED) is 0.238. The molecule has 0 aromatic rings. The molecule has 0 amide bonds. The first-order valence-electron chi connectivity index (χ1n) is 17.6. The van der Waals surface area contributed by atoms with E-state index in [0.29, 0.717) is 22.7 Å². The summed E-state index contributed by atoms with van der Waals surface area (Å²) in [5.41, 5.74) is 0.478. The van der Waals surface area contributed by atoms with Gasteiger partial charge in [0.25, 0.3) is 0 Å². The maximum atomic E-state index is 13.4. The highest BCUT2D eigenvalue weighted by molar-refractivity contribution is 5.97. The predicted molar refractivity (Wildman–Crippen MR) is 163 cm³/mol. The maximum Gasteiger partial charge on any atom is 0.157 e. The van der Waals surface area contributed by atoms with E-state index in [9.17, 15) is 9.59 Å². The van der Waals surface area contributed by atoms with Crippen LogP contribution in [-0.4, -0.2) is 31.6 Å². The second-order valence-corrected chi connectivity index (χ2v) is 17.6. The van der Waals surface area contributed by atoms with E-state index in [2.05, 4.69) is 48.5 Å². The molecule has 1 aliphatic heterocycles. The van der Waals surface area contributed by atoms with Gasteiger partial charge in [-0.2, -0.15) is 0 Å². The molecule has 5 aliphatic carbocycles. The van der Waals surface area contributed by atoms with Gasteiger partial charge in [0.1, 0.15) is 12.1 Å². The van der Waals surface area contributed by atoms with Crippen molar-refractivity contribution in [2.24, 2.45) is 68.5 Å². The molecule has 0 bridgehead atoms. The molecule has 4 heteroatoms. The lowest BCUT2D eigenvalue weighted by atomic mass is 9.32. The zero-order valence-corrected chi connectivity index (χ0v) is 27.4. The number of ketones is 1. The van der Waals surface area contributed by atoms with Gasteiger partial charge in [-0.05, 0) is 141 Å². The molecule has 1 heterocycles. The Morgan fingerprint density at radius 2 is 1.68 bits per heavy atom. The molecule has 6 fully saturated rings. The zero-order valence-electron chi connectivity index (χ0n) is 27.4. The predicted octanol–water partition coefficient (Wildman–Crippen LogP) is 8.65. The Morgan fingerprint density at radius 3 is 2.37 bits per heavy atom. The third-order valence-electron chi connectivity index (χ3n) is 15.1. The summed E-state index contributed by atoms with van der Waals surface area (Å²) in [4.78, 5) is 25.6. The number of hydrogen-bond acceptors (Lipinski definition) is 4. The van der Waals surface area contributed by atoms with E-state index in [1.165, 1.54) is 64.2 Å². The second-order valence-electron chi connectivity index (χ2n) is 17.6. The fraction of sp³-hybridized carbons (Fsp3) is 0.946. The van der Waals surface area contributed by atoms with E-state index in [4.69, 9.17) is 9.47 Å². The van der Waals surface area contributed by atoms with Gasteiger partial charge in [0.05, 0.1) is 12.5 Å². The second kappa shape index (κ2) is 10.4. The normalized spacial score (nSPS) is 50.9. The molecular weight excluding hydrogens is 508 g/mol. The van der Waals surface area contributed by atoms with Crippen LogP contribution >= 0.6 is 0 Å². The highest BCUT2D eigenvalue weighted by Crippen LogP contribution is 2.77. The van der Waals surface area contributed by atoms with Crippen molar-refractivity contribution in [2.45, 2.75) is 138 Å². The fourth-order valence-electron chi connectivity index (χ4n) is 13.3. The number of carbonyl (C=O) groups excluding carboxylic acids is 2. The van der Waals surface area contributed by atoms with Crippen LogP contribution in [0.3, 0.4) is 0 Å². The van der Waals surface area contributed by atoms with Crippen molar-refractivity contribution in [2.75, 3.05) is 13.2 Å². The van der Waals surface area contributed by atoms with E-state index in [-0.39, 0.29) is 22.9 Å². The van der Waals surface area contributed by atoms with E-state index in [1.807, 2.05) is 0 Å². The van der Waals surface area contributed by atoms with Gasteiger partial charge in [-0.3, -0.25) is 4.79 Å². The van der Waals surface area contributed by atoms with Crippen molar-refractivity contribution in [3.05, 3.63) is 0 Å². The first kappa shape index (κ1) is 30.3. The van der Waals surface area contributed by atoms with Crippen molar-refractivity contribution in [3.8, 4) is 0 Å². The van der Waals surface area contributed by atoms with Gasteiger partial charge in [-0.25, -0.2) is 0 Å². The van der Waals surface area contributed by atoms with Gasteiger partial charge in [-0.15, -0.1) is 0 Å². The number of rotatable bonds is 6. The summed E-state index contributed by atoms with van der Waals surface area (Å²) in [6, 6.07) is 0. The van der Waals surface area contributed by atoms with Crippen LogP contribution in [0.25, 0.3) is 0 Å². The molecule has 6 aliphatic rings. The van der Waals surface area contributed by atoms with Crippen LogP contribution < -0.4 is 0 Å². The summed E-state index contributed by atoms with van der Waals surface area (Å²) < 4.78 is 12.7. The van der Waals surface area contributed by atoms with Gasteiger partial charge in [0, 0.05) is 12.0 Å². The van der Waals surface area contributed by atoms with E-state index >= 15 is 0 Å². The number of carbonyl (C=O) groups is 2. The molecular formula is C37H60O4. The summed E-state index contributed by atoms with van der Waals surface area (Å²) in [6.07, 6.45) is 16.7. The average Bonchev–Trinajstić information content (AvgIpc) is 3.28. The Morgan fingerprint density at radius 1 is 0.902 bits per heavy atom. The Kier molecular flexibility index (Phi) is 7.70. The maximum absolute atomic E-state index is 13.4. The molecule has 232 valence electrons. The lowest BCUT2D eigenvalue weighted by molar-refractivity contribution is -0.249. The standard InChI is InChI=1S/C37H60O4/c1-24(2)20-25-13-16-37(23-41-30-10-8-9-19-40-30)18-17-35(6)27(31(25)37)11-12-29-34(5)21-26(22-38)32(39)33(3,4)28(34)14-15-36(29,35)7/h22,24-31H,8-21,23H2,1-7H3/t25-,26?,27+,28-,29+,30?,31+,34-,35+,36+,37+/m0/s1. The Labute approximate surface area is 250 Å². The van der Waals surface area contributed by atoms with Gasteiger partial charge >= 0.3 is 0 Å². The number of hydrogen-bond donors (Lipinski definition) is 0. The molecule has 5 saturated carbocycles. The molecule has 11 atom stereocenters. The van der Waals surface area contributed by atoms with Gasteiger partial charge in [0.15, 0.2) is 6.29 Å². The molecule has 4 nitrogen and oxygen atoms in total. The number of ether oxygens (including phenoxy) is 2. The van der Waals surface area contributed by atoms with Crippen LogP contribution in [0.1, 0.15) is 132 Å². The first-order chi connectivity index (χ1) is 19.3. The van der Waals surface area contributed by atoms with Crippen LogP contribution in [0.15, 0.2) is 0 Å². The first-order valence-corrected chi connectivity index (χ1v) is 17.6. The lowest BCUT2D eigenvalue weighted by Gasteiger charge is -2.72. The average molecular weight is 569 g/mol. The minimum absolute atomic E-state index is 0.00264. The zero-order chi connectivity index (χ0) is 29.4. The van der Waals surface area contributed by atoms with Crippen molar-refractivity contribution in [3.63, 3.8) is 0 Å². The monoisotopic (exact) mass is 568 g/mol. The molecule has 1 saturated heterocycles. The third-order valence-corrected chi connectivity index (χ3v) is 15.1. The van der Waals surface area contributed by atoms with Gasteiger partial charge < -0.3 is 14.3 Å². The summed E-state index contributed by atoms with van der Waals surface area (Å²) in [5, 5.41) is 0. The van der Waals surface area contributed by atoms with E-state index < -0.39 is 11.3 Å². The van der Waals surface area contributed by atoms with E-state index in [1.54, 1.807) is 0 Å². The number of aldehydes is 1. The van der Waals surface area contributed by atoms with Crippen molar-refractivity contribution in [1.29, 1.82) is 0 Å². The molecule has 41 heavy (non-hydrogen) atoms. The fourth-order valence-corrected chi connectivity index (χ4v) is 13.3. The molecule has 6 rings (SSSR count). The molecule has 0 spiro atoms. The highest BCUT2D eigenvalue weighted by atomic mass is 16.7. The summed E-state index contributed by atoms with van der Waals surface area (Å²) in [5.74, 6) is 3.73. The Hall–Kier alpha value is -0.740. The molecule has 0 aromatic heterocycles. The number of Topliss-reactive ketones (excluding diaryl/α,β-unsaturated/α-hetero) is 1. The van der Waals surface area contributed by atoms with Crippen molar-refractivity contribution >= 4 is 12.1 Å². The summed E-state index contributed by atoms with van der Waals surface area (Å²) >= 11 is 0. The highest BCUT2D eigenvalue weighted by Gasteiger charge is 2.71. The Balaban J connectivity index is 1.33. The van der Waals surface area contributed by atoms with Crippen LogP contribution in [0.5, 0.6) is 0 Å². The summed E-state index contributed by atoms with van der Waals surface area (Å²) in [6.45, 7) is 18.8. The largest absolute Gasteiger partial charge is 0.353 e. The molecule has 0 radical (unpaired) electrons. The van der Waals surface area contributed by atoms with Crippen LogP contribution in [-0.2, 0) is 19.1 Å². The van der Waals surface area contributed by atoms with Crippen molar-refractivity contribution in [1.82, 2.24) is 0 Å². The number of fused-ring (bicyclic) bond motifs is 7. The van der Waals surface area contributed by atoms with Crippen LogP contribution in [0.4, 0.5) is 0 Å². The summed E-state index contributed by atoms with van der Waals surface area (Å²) in [7, 11) is 0. The molecule has 0 aromatic carbocycles.